The molecule has 6 rings (SSSR count). The van der Waals surface area contributed by atoms with Gasteiger partial charge >= 0.3 is 6.03 Å². The molecule has 3 aliphatic heterocycles. The molecular formula is C31H41FN6O. The molecule has 2 saturated heterocycles. The Morgan fingerprint density at radius 3 is 2.49 bits per heavy atom. The van der Waals surface area contributed by atoms with Gasteiger partial charge in [-0.05, 0) is 75.3 Å². The summed E-state index contributed by atoms with van der Waals surface area (Å²) in [5, 5.41) is 3.59. The van der Waals surface area contributed by atoms with Gasteiger partial charge in [-0.1, -0.05) is 30.7 Å². The number of hydrogen-bond donors (Lipinski definition) is 1. The van der Waals surface area contributed by atoms with Crippen LogP contribution >= 0.6 is 0 Å². The van der Waals surface area contributed by atoms with Crippen molar-refractivity contribution in [3.63, 3.8) is 0 Å². The largest absolute Gasteiger partial charge is 0.340 e. The highest BCUT2D eigenvalue weighted by Gasteiger charge is 2.33. The normalized spacial score (nSPS) is 22.8. The molecule has 0 spiro atoms. The number of urea groups is 1. The summed E-state index contributed by atoms with van der Waals surface area (Å²) < 4.78 is 16.0. The molecule has 1 aromatic heterocycles. The highest BCUT2D eigenvalue weighted by molar-refractivity contribution is 5.78. The van der Waals surface area contributed by atoms with Crippen molar-refractivity contribution in [1.82, 2.24) is 24.3 Å². The van der Waals surface area contributed by atoms with Gasteiger partial charge in [0.1, 0.15) is 23.2 Å². The summed E-state index contributed by atoms with van der Waals surface area (Å²) in [7, 11) is 0. The number of halogens is 1. The molecule has 1 N–H and O–H groups in total. The average Bonchev–Trinajstić information content (AvgIpc) is 3.31. The number of imidazole rings is 1. The van der Waals surface area contributed by atoms with E-state index < -0.39 is 0 Å². The number of anilines is 2. The van der Waals surface area contributed by atoms with Gasteiger partial charge in [0, 0.05) is 50.9 Å². The number of aromatic nitrogens is 2. The van der Waals surface area contributed by atoms with Gasteiger partial charge in [0.05, 0.1) is 6.54 Å². The van der Waals surface area contributed by atoms with Crippen molar-refractivity contribution in [2.24, 2.45) is 5.92 Å². The monoisotopic (exact) mass is 532 g/mol. The minimum absolute atomic E-state index is 0.0916. The summed E-state index contributed by atoms with van der Waals surface area (Å²) >= 11 is 0. The molecule has 0 saturated carbocycles. The SMILES string of the molecule is Cc1ccc(Nc2c(C3=CC=C(F)CC3)nc3n2CCN(C(=O)N2CCC(N4CCCC(C)C4)CC2)C3)cc1. The molecule has 1 aromatic carbocycles. The van der Waals surface area contributed by atoms with Gasteiger partial charge in [-0.25, -0.2) is 14.2 Å². The Hall–Kier alpha value is -3.13. The molecule has 1 atom stereocenters. The number of likely N-dealkylation sites (tertiary alicyclic amines) is 2. The lowest BCUT2D eigenvalue weighted by Gasteiger charge is -2.43. The first kappa shape index (κ1) is 26.1. The van der Waals surface area contributed by atoms with Crippen molar-refractivity contribution in [3.8, 4) is 0 Å². The Morgan fingerprint density at radius 2 is 1.77 bits per heavy atom. The molecule has 208 valence electrons. The van der Waals surface area contributed by atoms with Crippen LogP contribution in [-0.4, -0.2) is 69.0 Å². The predicted octanol–water partition coefficient (Wildman–Crippen LogP) is 6.10. The van der Waals surface area contributed by atoms with E-state index in [4.69, 9.17) is 4.98 Å². The molecular weight excluding hydrogens is 491 g/mol. The van der Waals surface area contributed by atoms with Crippen LogP contribution in [0.2, 0.25) is 0 Å². The van der Waals surface area contributed by atoms with E-state index >= 15 is 0 Å². The molecule has 39 heavy (non-hydrogen) atoms. The highest BCUT2D eigenvalue weighted by atomic mass is 19.1. The first-order chi connectivity index (χ1) is 18.9. The number of carbonyl (C=O) groups is 1. The fourth-order valence-electron chi connectivity index (χ4n) is 6.61. The van der Waals surface area contributed by atoms with E-state index in [0.717, 1.165) is 60.4 Å². The predicted molar refractivity (Wildman–Crippen MR) is 153 cm³/mol. The lowest BCUT2D eigenvalue weighted by atomic mass is 9.95. The second-order valence-electron chi connectivity index (χ2n) is 11.8. The third kappa shape index (κ3) is 5.62. The van der Waals surface area contributed by atoms with E-state index in [9.17, 15) is 9.18 Å². The minimum Gasteiger partial charge on any atom is -0.340 e. The number of nitrogens with one attached hydrogen (secondary N) is 1. The van der Waals surface area contributed by atoms with Gasteiger partial charge in [0.2, 0.25) is 0 Å². The number of nitrogens with zero attached hydrogens (tertiary/aromatic N) is 5. The van der Waals surface area contributed by atoms with Gasteiger partial charge in [0.15, 0.2) is 0 Å². The van der Waals surface area contributed by atoms with Crippen molar-refractivity contribution in [2.45, 2.75) is 71.5 Å². The maximum atomic E-state index is 13.8. The van der Waals surface area contributed by atoms with Crippen LogP contribution in [0.15, 0.2) is 42.2 Å². The zero-order chi connectivity index (χ0) is 26.9. The summed E-state index contributed by atoms with van der Waals surface area (Å²) in [5.74, 6) is 2.50. The number of benzene rings is 1. The van der Waals surface area contributed by atoms with Crippen LogP contribution in [0.1, 0.15) is 62.5 Å². The number of rotatable bonds is 4. The molecule has 7 nitrogen and oxygen atoms in total. The molecule has 4 aliphatic rings. The topological polar surface area (TPSA) is 56.6 Å². The summed E-state index contributed by atoms with van der Waals surface area (Å²) in [6, 6.07) is 9.05. The van der Waals surface area contributed by atoms with Crippen LogP contribution in [-0.2, 0) is 13.1 Å². The van der Waals surface area contributed by atoms with Crippen molar-refractivity contribution >= 4 is 23.1 Å². The Labute approximate surface area is 231 Å². The van der Waals surface area contributed by atoms with E-state index in [1.807, 2.05) is 15.9 Å². The van der Waals surface area contributed by atoms with E-state index in [2.05, 4.69) is 52.9 Å². The van der Waals surface area contributed by atoms with Crippen LogP contribution in [0.4, 0.5) is 20.7 Å². The van der Waals surface area contributed by atoms with Gasteiger partial charge in [-0.15, -0.1) is 0 Å². The van der Waals surface area contributed by atoms with Gasteiger partial charge < -0.3 is 19.7 Å². The molecule has 2 amide bonds. The van der Waals surface area contributed by atoms with Gasteiger partial charge in [0.25, 0.3) is 0 Å². The van der Waals surface area contributed by atoms with Crippen LogP contribution in [0.25, 0.3) is 5.57 Å². The molecule has 2 aromatic rings. The quantitative estimate of drug-likeness (QED) is 0.517. The maximum absolute atomic E-state index is 13.8. The van der Waals surface area contributed by atoms with Gasteiger partial charge in [-0.2, -0.15) is 0 Å². The standard InChI is InChI=1S/C31H41FN6O/c1-22-5-11-26(12-6-22)33-30-29(24-7-9-25(32)10-8-24)34-28-21-37(18-19-38(28)30)31(39)35-16-13-27(14-17-35)36-15-3-4-23(2)20-36/h5-7,9,11-12,23,27,33H,3-4,8,10,13-21H2,1-2H3. The van der Waals surface area contributed by atoms with E-state index in [1.165, 1.54) is 31.5 Å². The third-order valence-electron chi connectivity index (χ3n) is 8.90. The Morgan fingerprint density at radius 1 is 0.974 bits per heavy atom. The lowest BCUT2D eigenvalue weighted by molar-refractivity contribution is 0.0724. The Bertz CT molecular complexity index is 1260. The zero-order valence-electron chi connectivity index (χ0n) is 23.3. The van der Waals surface area contributed by atoms with E-state index in [0.29, 0.717) is 38.5 Å². The third-order valence-corrected chi connectivity index (χ3v) is 8.90. The fraction of sp³-hybridized carbons (Fsp3) is 0.548. The first-order valence-electron chi connectivity index (χ1n) is 14.7. The number of fused-ring (bicyclic) bond motifs is 1. The summed E-state index contributed by atoms with van der Waals surface area (Å²) in [6.45, 7) is 10.3. The van der Waals surface area contributed by atoms with Crippen molar-refractivity contribution < 1.29 is 9.18 Å². The summed E-state index contributed by atoms with van der Waals surface area (Å²) in [4.78, 5) is 25.3. The Balaban J connectivity index is 1.17. The van der Waals surface area contributed by atoms with Crippen LogP contribution in [0, 0.1) is 12.8 Å². The first-order valence-corrected chi connectivity index (χ1v) is 14.7. The molecule has 8 heteroatoms. The second kappa shape index (κ2) is 11.2. The van der Waals surface area contributed by atoms with Crippen LogP contribution in [0.5, 0.6) is 0 Å². The average molecular weight is 533 g/mol. The maximum Gasteiger partial charge on any atom is 0.320 e. The molecule has 1 unspecified atom stereocenters. The number of carbonyl (C=O) groups excluding carboxylic acids is 1. The number of allylic oxidation sites excluding steroid dienone is 4. The summed E-state index contributed by atoms with van der Waals surface area (Å²) in [6.07, 6.45) is 9.19. The van der Waals surface area contributed by atoms with Crippen molar-refractivity contribution in [1.29, 1.82) is 0 Å². The van der Waals surface area contributed by atoms with Crippen molar-refractivity contribution in [2.75, 3.05) is 38.0 Å². The van der Waals surface area contributed by atoms with Crippen LogP contribution < -0.4 is 5.32 Å². The molecule has 4 heterocycles. The Kier molecular flexibility index (Phi) is 7.47. The fourth-order valence-corrected chi connectivity index (χ4v) is 6.61. The molecule has 1 aliphatic carbocycles. The van der Waals surface area contributed by atoms with Crippen LogP contribution in [0.3, 0.4) is 0 Å². The molecule has 0 radical (unpaired) electrons. The summed E-state index contributed by atoms with van der Waals surface area (Å²) in [5.41, 5.74) is 4.09. The second-order valence-corrected chi connectivity index (χ2v) is 11.8. The zero-order valence-corrected chi connectivity index (χ0v) is 23.3. The number of amides is 2. The van der Waals surface area contributed by atoms with Crippen molar-refractivity contribution in [3.05, 3.63) is 59.3 Å². The minimum atomic E-state index is -0.0916. The van der Waals surface area contributed by atoms with E-state index in [1.54, 1.807) is 6.08 Å². The van der Waals surface area contributed by atoms with Gasteiger partial charge in [-0.3, -0.25) is 4.90 Å². The van der Waals surface area contributed by atoms with E-state index in [-0.39, 0.29) is 11.9 Å². The lowest BCUT2D eigenvalue weighted by Crippen LogP contribution is -2.53. The smallest absolute Gasteiger partial charge is 0.320 e. The number of hydrogen-bond acceptors (Lipinski definition) is 4. The molecule has 0 bridgehead atoms. The molecule has 2 fully saturated rings. The highest BCUT2D eigenvalue weighted by Crippen LogP contribution is 2.35. The number of aryl methyl sites for hydroxylation is 1. The number of piperidine rings is 2.